The molecule has 1 aromatic heterocycles. The fourth-order valence-electron chi connectivity index (χ4n) is 0.335. The van der Waals surface area contributed by atoms with Gasteiger partial charge in [0.2, 0.25) is 0 Å². The smallest absolute Gasteiger partial charge is 0.0650 e. The highest BCUT2D eigenvalue weighted by atomic mass is 14.9. The molecular formula is C5H5N. The topological polar surface area (TPSA) is 4.93 Å². The standard InChI is InChI=1S/C5H5N/c1-6-4-2-3-5-6/h2-3H,1H3. The summed E-state index contributed by atoms with van der Waals surface area (Å²) in [6.45, 7) is 0. The molecule has 0 bridgehead atoms. The van der Waals surface area contributed by atoms with Gasteiger partial charge in [-0.05, 0) is 12.1 Å². The van der Waals surface area contributed by atoms with Crippen molar-refractivity contribution >= 4 is 0 Å². The Balaban J connectivity index is 3.05. The average molecular weight is 79.1 g/mol. The van der Waals surface area contributed by atoms with Crippen molar-refractivity contribution in [2.75, 3.05) is 0 Å². The van der Waals surface area contributed by atoms with E-state index in [1.54, 1.807) is 4.57 Å². The van der Waals surface area contributed by atoms with Gasteiger partial charge >= 0.3 is 0 Å². The van der Waals surface area contributed by atoms with E-state index < -0.39 is 0 Å². The summed E-state index contributed by atoms with van der Waals surface area (Å²) in [5, 5.41) is 0. The van der Waals surface area contributed by atoms with Gasteiger partial charge in [0, 0.05) is 7.05 Å². The van der Waals surface area contributed by atoms with Gasteiger partial charge in [-0.15, -0.1) is 0 Å². The molecule has 1 aromatic rings. The number of aromatic nitrogens is 1. The van der Waals surface area contributed by atoms with Gasteiger partial charge in [0.05, 0.1) is 12.4 Å². The Bertz CT molecular complexity index is 107. The summed E-state index contributed by atoms with van der Waals surface area (Å²) < 4.78 is 1.75. The van der Waals surface area contributed by atoms with E-state index >= 15 is 0 Å². The van der Waals surface area contributed by atoms with Crippen LogP contribution in [0.5, 0.6) is 0 Å². The molecule has 0 saturated carbocycles. The zero-order valence-corrected chi connectivity index (χ0v) is 3.60. The minimum atomic E-state index is 1.75. The molecule has 1 heteroatoms. The lowest BCUT2D eigenvalue weighted by Crippen LogP contribution is -1.77. The first-order valence-corrected chi connectivity index (χ1v) is 1.81. The zero-order chi connectivity index (χ0) is 4.41. The molecule has 0 aliphatic carbocycles. The molecule has 0 unspecified atom stereocenters. The molecule has 0 fully saturated rings. The maximum atomic E-state index is 2.86. The van der Waals surface area contributed by atoms with Crippen LogP contribution in [0.3, 0.4) is 0 Å². The van der Waals surface area contributed by atoms with E-state index in [2.05, 4.69) is 12.4 Å². The molecule has 2 radical (unpaired) electrons. The molecule has 0 N–H and O–H groups in total. The van der Waals surface area contributed by atoms with Gasteiger partial charge in [-0.2, -0.15) is 0 Å². The Kier molecular flexibility index (Phi) is 0.675. The van der Waals surface area contributed by atoms with Crippen molar-refractivity contribution in [1.29, 1.82) is 0 Å². The molecular weight excluding hydrogens is 74.1 g/mol. The van der Waals surface area contributed by atoms with E-state index in [0.29, 0.717) is 0 Å². The van der Waals surface area contributed by atoms with Crippen molar-refractivity contribution in [3.05, 3.63) is 24.5 Å². The minimum absolute atomic E-state index is 1.75. The van der Waals surface area contributed by atoms with Gasteiger partial charge in [0.15, 0.2) is 0 Å². The number of rotatable bonds is 0. The second-order valence-corrected chi connectivity index (χ2v) is 1.15. The number of aryl methyl sites for hydroxylation is 1. The van der Waals surface area contributed by atoms with Crippen molar-refractivity contribution < 1.29 is 0 Å². The van der Waals surface area contributed by atoms with Crippen LogP contribution < -0.4 is 0 Å². The first-order valence-electron chi connectivity index (χ1n) is 1.81. The van der Waals surface area contributed by atoms with Crippen LogP contribution in [0.25, 0.3) is 0 Å². The lowest BCUT2D eigenvalue weighted by Gasteiger charge is -1.76. The Labute approximate surface area is 37.2 Å². The van der Waals surface area contributed by atoms with Gasteiger partial charge in [-0.1, -0.05) is 0 Å². The Morgan fingerprint density at radius 2 is 1.83 bits per heavy atom. The van der Waals surface area contributed by atoms with E-state index in [-0.39, 0.29) is 0 Å². The summed E-state index contributed by atoms with van der Waals surface area (Å²) in [6, 6.07) is 3.64. The maximum absolute atomic E-state index is 2.86. The van der Waals surface area contributed by atoms with Crippen molar-refractivity contribution in [3.8, 4) is 0 Å². The normalized spacial score (nSPS) is 8.83. The third-order valence-corrected chi connectivity index (χ3v) is 0.620. The lowest BCUT2D eigenvalue weighted by atomic mass is 10.7. The van der Waals surface area contributed by atoms with Crippen LogP contribution in [0, 0.1) is 12.4 Å². The van der Waals surface area contributed by atoms with Crippen molar-refractivity contribution in [1.82, 2.24) is 4.57 Å². The predicted octanol–water partition coefficient (Wildman–Crippen LogP) is 0.625. The van der Waals surface area contributed by atoms with Gasteiger partial charge in [0.1, 0.15) is 0 Å². The second kappa shape index (κ2) is 1.17. The summed E-state index contributed by atoms with van der Waals surface area (Å²) in [5.41, 5.74) is 0. The Morgan fingerprint density at radius 3 is 2.00 bits per heavy atom. The summed E-state index contributed by atoms with van der Waals surface area (Å²) in [4.78, 5) is 0. The van der Waals surface area contributed by atoms with Crippen LogP contribution >= 0.6 is 0 Å². The molecule has 30 valence electrons. The number of nitrogens with zero attached hydrogens (tertiary/aromatic N) is 1. The molecule has 0 spiro atoms. The molecule has 1 nitrogen and oxygen atoms in total. The molecule has 0 aliphatic rings. The molecule has 0 aromatic carbocycles. The van der Waals surface area contributed by atoms with Gasteiger partial charge in [0.25, 0.3) is 0 Å². The van der Waals surface area contributed by atoms with Crippen LogP contribution in [0.4, 0.5) is 0 Å². The highest BCUT2D eigenvalue weighted by Crippen LogP contribution is 1.77. The lowest BCUT2D eigenvalue weighted by molar-refractivity contribution is 0.911. The first kappa shape index (κ1) is 3.47. The van der Waals surface area contributed by atoms with E-state index in [1.165, 1.54) is 0 Å². The van der Waals surface area contributed by atoms with E-state index in [4.69, 9.17) is 0 Å². The molecule has 0 amide bonds. The number of hydrogen-bond acceptors (Lipinski definition) is 0. The highest BCUT2D eigenvalue weighted by molar-refractivity contribution is 4.84. The highest BCUT2D eigenvalue weighted by Gasteiger charge is 1.71. The summed E-state index contributed by atoms with van der Waals surface area (Å²) >= 11 is 0. The Morgan fingerprint density at radius 1 is 1.33 bits per heavy atom. The molecule has 1 heterocycles. The monoisotopic (exact) mass is 79.0 g/mol. The molecule has 6 heavy (non-hydrogen) atoms. The molecule has 0 atom stereocenters. The fraction of sp³-hybridized carbons (Fsp3) is 0.200. The number of hydrogen-bond donors (Lipinski definition) is 0. The quantitative estimate of drug-likeness (QED) is 0.429. The first-order chi connectivity index (χ1) is 2.89. The molecule has 0 aliphatic heterocycles. The predicted molar refractivity (Wildman–Crippen MR) is 23.1 cm³/mol. The third kappa shape index (κ3) is 0.432. The molecule has 1 rings (SSSR count). The minimum Gasteiger partial charge on any atom is -0.341 e. The van der Waals surface area contributed by atoms with Crippen LogP contribution in [0.1, 0.15) is 0 Å². The second-order valence-electron chi connectivity index (χ2n) is 1.15. The van der Waals surface area contributed by atoms with E-state index in [1.807, 2.05) is 19.2 Å². The van der Waals surface area contributed by atoms with E-state index in [0.717, 1.165) is 0 Å². The summed E-state index contributed by atoms with van der Waals surface area (Å²) in [5.74, 6) is 0. The summed E-state index contributed by atoms with van der Waals surface area (Å²) in [6.07, 6.45) is 5.72. The van der Waals surface area contributed by atoms with Crippen LogP contribution in [0.2, 0.25) is 0 Å². The fourth-order valence-corrected chi connectivity index (χ4v) is 0.335. The maximum Gasteiger partial charge on any atom is 0.0650 e. The van der Waals surface area contributed by atoms with Crippen LogP contribution in [-0.4, -0.2) is 4.57 Å². The van der Waals surface area contributed by atoms with Crippen molar-refractivity contribution in [3.63, 3.8) is 0 Å². The molecule has 0 saturated heterocycles. The SMILES string of the molecule is Cn1[c]cc[c]1. The van der Waals surface area contributed by atoms with Crippen LogP contribution in [0.15, 0.2) is 12.1 Å². The third-order valence-electron chi connectivity index (χ3n) is 0.620. The van der Waals surface area contributed by atoms with Gasteiger partial charge in [-0.25, -0.2) is 0 Å². The van der Waals surface area contributed by atoms with Crippen molar-refractivity contribution in [2.45, 2.75) is 0 Å². The average Bonchev–Trinajstić information content (AvgIpc) is 1.86. The zero-order valence-electron chi connectivity index (χ0n) is 3.60. The largest absolute Gasteiger partial charge is 0.341 e. The van der Waals surface area contributed by atoms with Crippen molar-refractivity contribution in [2.24, 2.45) is 7.05 Å². The Hall–Kier alpha value is -0.720. The van der Waals surface area contributed by atoms with Gasteiger partial charge < -0.3 is 4.57 Å². The van der Waals surface area contributed by atoms with E-state index in [9.17, 15) is 0 Å². The van der Waals surface area contributed by atoms with Gasteiger partial charge in [-0.3, -0.25) is 0 Å². The summed E-state index contributed by atoms with van der Waals surface area (Å²) in [7, 11) is 1.89. The van der Waals surface area contributed by atoms with Crippen LogP contribution in [-0.2, 0) is 7.05 Å².